The summed E-state index contributed by atoms with van der Waals surface area (Å²) >= 11 is 0. The van der Waals surface area contributed by atoms with Gasteiger partial charge < -0.3 is 20.3 Å². The van der Waals surface area contributed by atoms with Gasteiger partial charge in [-0.1, -0.05) is 6.92 Å². The highest BCUT2D eigenvalue weighted by Gasteiger charge is 2.19. The van der Waals surface area contributed by atoms with Gasteiger partial charge in [-0.3, -0.25) is 9.59 Å². The van der Waals surface area contributed by atoms with Crippen molar-refractivity contribution in [2.45, 2.75) is 13.3 Å². The molecule has 2 rings (SSSR count). The molecule has 0 bridgehead atoms. The molecule has 94 valence electrons. The predicted octanol–water partition coefficient (Wildman–Crippen LogP) is 0.393. The lowest BCUT2D eigenvalue weighted by atomic mass is 10.1. The van der Waals surface area contributed by atoms with Crippen LogP contribution in [0.15, 0.2) is 17.1 Å². The number of anilines is 1. The van der Waals surface area contributed by atoms with Crippen LogP contribution in [-0.4, -0.2) is 27.1 Å². The van der Waals surface area contributed by atoms with Crippen molar-refractivity contribution in [1.82, 2.24) is 15.0 Å². The standard InChI is InChI=1S/C11H12N4O3/c1-2-6-9(15-11(18)14-6)10(17)8-7(13-5-16)3-4-12-8/h3-5,12H,2H2,1H3,(H,13,16)(H2,14,15,18). The molecular formula is C11H12N4O3. The maximum Gasteiger partial charge on any atom is 0.323 e. The summed E-state index contributed by atoms with van der Waals surface area (Å²) in [5.74, 6) is -0.375. The maximum absolute atomic E-state index is 12.2. The van der Waals surface area contributed by atoms with Crippen LogP contribution in [0.3, 0.4) is 0 Å². The van der Waals surface area contributed by atoms with Gasteiger partial charge in [0.15, 0.2) is 0 Å². The lowest BCUT2D eigenvalue weighted by molar-refractivity contribution is -0.105. The molecule has 0 aliphatic carbocycles. The van der Waals surface area contributed by atoms with Gasteiger partial charge in [0.2, 0.25) is 12.2 Å². The number of aromatic amines is 3. The third kappa shape index (κ3) is 1.97. The van der Waals surface area contributed by atoms with Gasteiger partial charge in [-0.2, -0.15) is 0 Å². The van der Waals surface area contributed by atoms with E-state index >= 15 is 0 Å². The fourth-order valence-corrected chi connectivity index (χ4v) is 1.74. The highest BCUT2D eigenvalue weighted by atomic mass is 16.1. The molecule has 7 heteroatoms. The average Bonchev–Trinajstić information content (AvgIpc) is 2.95. The Morgan fingerprint density at radius 3 is 2.83 bits per heavy atom. The van der Waals surface area contributed by atoms with E-state index in [-0.39, 0.29) is 17.2 Å². The molecule has 2 aromatic rings. The summed E-state index contributed by atoms with van der Waals surface area (Å²) in [6.07, 6.45) is 2.55. The van der Waals surface area contributed by atoms with Gasteiger partial charge in [-0.05, 0) is 12.5 Å². The molecule has 0 saturated carbocycles. The SMILES string of the molecule is CCc1[nH]c(=O)[nH]c1C(=O)c1[nH]ccc1NC=O. The summed E-state index contributed by atoms with van der Waals surface area (Å²) in [7, 11) is 0. The molecule has 0 unspecified atom stereocenters. The molecule has 0 saturated heterocycles. The second-order valence-electron chi connectivity index (χ2n) is 3.64. The Bertz CT molecular complexity index is 635. The molecule has 0 aliphatic heterocycles. The normalized spacial score (nSPS) is 10.3. The quantitative estimate of drug-likeness (QED) is 0.453. The molecule has 0 aliphatic rings. The Balaban J connectivity index is 2.44. The molecule has 0 radical (unpaired) electrons. The van der Waals surface area contributed by atoms with Crippen LogP contribution in [0.1, 0.15) is 28.8 Å². The monoisotopic (exact) mass is 248 g/mol. The summed E-state index contributed by atoms with van der Waals surface area (Å²) in [6.45, 7) is 1.83. The molecule has 0 fully saturated rings. The Hall–Kier alpha value is -2.57. The average molecular weight is 248 g/mol. The van der Waals surface area contributed by atoms with Crippen molar-refractivity contribution in [1.29, 1.82) is 0 Å². The van der Waals surface area contributed by atoms with E-state index < -0.39 is 5.69 Å². The molecule has 2 aromatic heterocycles. The van der Waals surface area contributed by atoms with Crippen molar-refractivity contribution in [3.63, 3.8) is 0 Å². The lowest BCUT2D eigenvalue weighted by Gasteiger charge is -2.02. The summed E-state index contributed by atoms with van der Waals surface area (Å²) in [4.78, 5) is 41.6. The van der Waals surface area contributed by atoms with E-state index in [1.807, 2.05) is 6.92 Å². The van der Waals surface area contributed by atoms with Crippen LogP contribution >= 0.6 is 0 Å². The van der Waals surface area contributed by atoms with E-state index in [1.54, 1.807) is 6.07 Å². The number of ketones is 1. The third-order valence-corrected chi connectivity index (χ3v) is 2.57. The largest absolute Gasteiger partial charge is 0.357 e. The first kappa shape index (κ1) is 11.9. The van der Waals surface area contributed by atoms with E-state index in [9.17, 15) is 14.4 Å². The smallest absolute Gasteiger partial charge is 0.323 e. The lowest BCUT2D eigenvalue weighted by Crippen LogP contribution is -2.10. The van der Waals surface area contributed by atoms with Crippen molar-refractivity contribution in [2.24, 2.45) is 0 Å². The van der Waals surface area contributed by atoms with Gasteiger partial charge in [0.25, 0.3) is 0 Å². The fraction of sp³-hybridized carbons (Fsp3) is 0.182. The maximum atomic E-state index is 12.2. The van der Waals surface area contributed by atoms with Crippen molar-refractivity contribution in [2.75, 3.05) is 5.32 Å². The molecule has 0 spiro atoms. The highest BCUT2D eigenvalue weighted by Crippen LogP contribution is 2.17. The van der Waals surface area contributed by atoms with Crippen LogP contribution < -0.4 is 11.0 Å². The predicted molar refractivity (Wildman–Crippen MR) is 64.7 cm³/mol. The van der Waals surface area contributed by atoms with E-state index in [1.165, 1.54) is 6.20 Å². The van der Waals surface area contributed by atoms with E-state index in [0.29, 0.717) is 24.2 Å². The number of rotatable bonds is 5. The fourth-order valence-electron chi connectivity index (χ4n) is 1.74. The van der Waals surface area contributed by atoms with Gasteiger partial charge in [0.1, 0.15) is 11.4 Å². The van der Waals surface area contributed by atoms with Crippen LogP contribution in [0.4, 0.5) is 5.69 Å². The highest BCUT2D eigenvalue weighted by molar-refractivity contribution is 6.11. The zero-order valence-corrected chi connectivity index (χ0v) is 9.66. The number of imidazole rings is 1. The molecule has 7 nitrogen and oxygen atoms in total. The van der Waals surface area contributed by atoms with Crippen LogP contribution in [0.5, 0.6) is 0 Å². The van der Waals surface area contributed by atoms with Gasteiger partial charge in [-0.15, -0.1) is 0 Å². The molecule has 0 atom stereocenters. The zero-order chi connectivity index (χ0) is 13.1. The topological polar surface area (TPSA) is 111 Å². The second kappa shape index (κ2) is 4.74. The van der Waals surface area contributed by atoms with Gasteiger partial charge in [0.05, 0.1) is 5.69 Å². The Labute approximate surface area is 102 Å². The van der Waals surface area contributed by atoms with Crippen LogP contribution in [0.25, 0.3) is 0 Å². The molecule has 18 heavy (non-hydrogen) atoms. The minimum atomic E-state index is -0.424. The zero-order valence-electron chi connectivity index (χ0n) is 9.66. The van der Waals surface area contributed by atoms with E-state index in [4.69, 9.17) is 0 Å². The van der Waals surface area contributed by atoms with Crippen molar-refractivity contribution in [3.05, 3.63) is 39.8 Å². The van der Waals surface area contributed by atoms with Crippen LogP contribution in [0.2, 0.25) is 0 Å². The Morgan fingerprint density at radius 2 is 2.17 bits per heavy atom. The molecular weight excluding hydrogens is 236 g/mol. The van der Waals surface area contributed by atoms with Crippen molar-refractivity contribution >= 4 is 17.9 Å². The minimum Gasteiger partial charge on any atom is -0.357 e. The van der Waals surface area contributed by atoms with Gasteiger partial charge >= 0.3 is 5.69 Å². The third-order valence-electron chi connectivity index (χ3n) is 2.57. The first-order valence-electron chi connectivity index (χ1n) is 5.40. The van der Waals surface area contributed by atoms with Crippen molar-refractivity contribution < 1.29 is 9.59 Å². The number of H-pyrrole nitrogens is 3. The molecule has 0 aromatic carbocycles. The summed E-state index contributed by atoms with van der Waals surface area (Å²) < 4.78 is 0. The molecule has 4 N–H and O–H groups in total. The van der Waals surface area contributed by atoms with Gasteiger partial charge in [0, 0.05) is 11.9 Å². The number of aryl methyl sites for hydroxylation is 1. The summed E-state index contributed by atoms with van der Waals surface area (Å²) in [5.41, 5.74) is 0.924. The first-order valence-corrected chi connectivity index (χ1v) is 5.40. The summed E-state index contributed by atoms with van der Waals surface area (Å²) in [6, 6.07) is 1.57. The number of carbonyl (C=O) groups excluding carboxylic acids is 2. The number of hydrogen-bond acceptors (Lipinski definition) is 3. The number of aromatic nitrogens is 3. The molecule has 1 amide bonds. The number of carbonyl (C=O) groups is 2. The number of amides is 1. The first-order chi connectivity index (χ1) is 8.67. The molecule has 2 heterocycles. The van der Waals surface area contributed by atoms with Crippen molar-refractivity contribution in [3.8, 4) is 0 Å². The van der Waals surface area contributed by atoms with Crippen LogP contribution in [-0.2, 0) is 11.2 Å². The van der Waals surface area contributed by atoms with E-state index in [0.717, 1.165) is 0 Å². The Morgan fingerprint density at radius 1 is 1.39 bits per heavy atom. The summed E-state index contributed by atoms with van der Waals surface area (Å²) in [5, 5.41) is 2.42. The number of nitrogens with one attached hydrogen (secondary N) is 4. The Kier molecular flexibility index (Phi) is 3.13. The van der Waals surface area contributed by atoms with E-state index in [2.05, 4.69) is 20.3 Å². The van der Waals surface area contributed by atoms with Crippen LogP contribution in [0, 0.1) is 0 Å². The minimum absolute atomic E-state index is 0.207. The van der Waals surface area contributed by atoms with Gasteiger partial charge in [-0.25, -0.2) is 4.79 Å². The second-order valence-corrected chi connectivity index (χ2v) is 3.64. The number of hydrogen-bond donors (Lipinski definition) is 4.